The molecule has 0 aromatic heterocycles. The van der Waals surface area contributed by atoms with Gasteiger partial charge in [-0.15, -0.1) is 0 Å². The molecule has 0 bridgehead atoms. The number of aliphatic hydroxyl groups is 6. The highest BCUT2D eigenvalue weighted by molar-refractivity contribution is 5.79. The summed E-state index contributed by atoms with van der Waals surface area (Å²) in [5, 5.41) is 65.0. The van der Waals surface area contributed by atoms with E-state index in [0.29, 0.717) is 0 Å². The Morgan fingerprint density at radius 1 is 0.750 bits per heavy atom. The first-order chi connectivity index (χ1) is 23.0. The first-order valence-electron chi connectivity index (χ1n) is 16.0. The van der Waals surface area contributed by atoms with E-state index in [1.807, 2.05) is 48.5 Å². The van der Waals surface area contributed by atoms with Gasteiger partial charge in [-0.05, 0) is 28.7 Å². The Bertz CT molecular complexity index is 1380. The van der Waals surface area contributed by atoms with Crippen LogP contribution in [-0.4, -0.2) is 142 Å². The predicted molar refractivity (Wildman–Crippen MR) is 166 cm³/mol. The molecule has 0 radical (unpaired) electrons. The maximum Gasteiger partial charge on any atom is 0.407 e. The Morgan fingerprint density at radius 2 is 1.33 bits per heavy atom. The first-order valence-corrected chi connectivity index (χ1v) is 16.0. The number of hydrogen-bond donors (Lipinski definition) is 10. The number of nitrogens with two attached hydrogens (primary N) is 3. The van der Waals surface area contributed by atoms with Gasteiger partial charge in [0.25, 0.3) is 0 Å². The van der Waals surface area contributed by atoms with Crippen LogP contribution in [0.4, 0.5) is 4.79 Å². The summed E-state index contributed by atoms with van der Waals surface area (Å²) in [7, 11) is 0. The summed E-state index contributed by atoms with van der Waals surface area (Å²) >= 11 is 0. The topological polar surface area (TPSA) is 275 Å². The van der Waals surface area contributed by atoms with Crippen LogP contribution < -0.4 is 22.5 Å². The Labute approximate surface area is 276 Å². The lowest BCUT2D eigenvalue weighted by Crippen LogP contribution is -2.68. The van der Waals surface area contributed by atoms with Crippen molar-refractivity contribution in [2.24, 2.45) is 17.2 Å². The molecule has 48 heavy (non-hydrogen) atoms. The van der Waals surface area contributed by atoms with Crippen LogP contribution >= 0.6 is 0 Å². The number of rotatable bonds is 9. The van der Waals surface area contributed by atoms with Crippen LogP contribution in [0.5, 0.6) is 0 Å². The second-order valence-corrected chi connectivity index (χ2v) is 12.8. The van der Waals surface area contributed by atoms with Gasteiger partial charge in [-0.25, -0.2) is 4.79 Å². The second kappa shape index (κ2) is 14.6. The number of carbonyl (C=O) groups is 1. The van der Waals surface area contributed by atoms with Gasteiger partial charge < -0.3 is 76.8 Å². The third-order valence-electron chi connectivity index (χ3n) is 9.69. The highest BCUT2D eigenvalue weighted by atomic mass is 16.7. The highest BCUT2D eigenvalue weighted by Crippen LogP contribution is 2.44. The van der Waals surface area contributed by atoms with Crippen molar-refractivity contribution >= 4 is 6.09 Å². The van der Waals surface area contributed by atoms with Crippen LogP contribution in [-0.2, 0) is 23.7 Å². The summed E-state index contributed by atoms with van der Waals surface area (Å²) in [6, 6.07) is 12.8. The molecule has 3 fully saturated rings. The monoisotopic (exact) mass is 676 g/mol. The fourth-order valence-electron chi connectivity index (χ4n) is 6.97. The van der Waals surface area contributed by atoms with E-state index in [1.165, 1.54) is 0 Å². The van der Waals surface area contributed by atoms with Crippen LogP contribution in [0.1, 0.15) is 23.5 Å². The van der Waals surface area contributed by atoms with Crippen LogP contribution in [0.3, 0.4) is 0 Å². The Kier molecular flexibility index (Phi) is 10.6. The highest BCUT2D eigenvalue weighted by Gasteiger charge is 2.52. The molecule has 13 N–H and O–H groups in total. The fourth-order valence-corrected chi connectivity index (χ4v) is 6.97. The minimum atomic E-state index is -1.57. The Morgan fingerprint density at radius 3 is 1.96 bits per heavy atom. The lowest BCUT2D eigenvalue weighted by Gasteiger charge is -2.47. The van der Waals surface area contributed by atoms with E-state index in [2.05, 4.69) is 5.32 Å². The van der Waals surface area contributed by atoms with E-state index in [-0.39, 0.29) is 25.5 Å². The van der Waals surface area contributed by atoms with Gasteiger partial charge in [0.1, 0.15) is 55.4 Å². The third kappa shape index (κ3) is 6.69. The van der Waals surface area contributed by atoms with Crippen molar-refractivity contribution in [3.05, 3.63) is 59.7 Å². The molecule has 264 valence electrons. The van der Waals surface area contributed by atoms with Crippen LogP contribution in [0, 0.1) is 0 Å². The van der Waals surface area contributed by atoms with Gasteiger partial charge in [0.05, 0.1) is 18.8 Å². The van der Waals surface area contributed by atoms with E-state index in [4.69, 9.17) is 40.9 Å². The Balaban J connectivity index is 1.09. The molecule has 2 aliphatic heterocycles. The fraction of sp³-hybridized carbons (Fsp3) is 0.594. The van der Waals surface area contributed by atoms with E-state index in [0.717, 1.165) is 22.3 Å². The zero-order valence-electron chi connectivity index (χ0n) is 26.0. The second-order valence-electron chi connectivity index (χ2n) is 12.8. The van der Waals surface area contributed by atoms with Crippen molar-refractivity contribution < 1.29 is 59.1 Å². The Hall–Kier alpha value is -2.81. The third-order valence-corrected chi connectivity index (χ3v) is 9.69. The number of fused-ring (bicyclic) bond motifs is 3. The summed E-state index contributed by atoms with van der Waals surface area (Å²) in [4.78, 5) is 12.8. The molecule has 2 heterocycles. The van der Waals surface area contributed by atoms with Gasteiger partial charge >= 0.3 is 6.09 Å². The SMILES string of the molecule is NC1CC(N)C(OC2OC(CNC(=O)OCC3c4ccccc4-c4ccccc43)C(O)C(O)C2N)C(OC2OC(CO)C(O)C2O)C1O. The van der Waals surface area contributed by atoms with E-state index in [1.54, 1.807) is 0 Å². The lowest BCUT2D eigenvalue weighted by molar-refractivity contribution is -0.307. The smallest absolute Gasteiger partial charge is 0.407 e. The molecule has 2 saturated heterocycles. The quantitative estimate of drug-likeness (QED) is 0.126. The zero-order valence-corrected chi connectivity index (χ0v) is 26.0. The molecule has 1 saturated carbocycles. The average molecular weight is 677 g/mol. The molecule has 2 aromatic rings. The van der Waals surface area contributed by atoms with Gasteiger partial charge in [-0.1, -0.05) is 48.5 Å². The molecule has 2 aromatic carbocycles. The number of benzene rings is 2. The minimum Gasteiger partial charge on any atom is -0.449 e. The van der Waals surface area contributed by atoms with Gasteiger partial charge in [-0.3, -0.25) is 0 Å². The summed E-state index contributed by atoms with van der Waals surface area (Å²) in [6.07, 6.45) is -15.9. The largest absolute Gasteiger partial charge is 0.449 e. The van der Waals surface area contributed by atoms with Crippen molar-refractivity contribution in [2.75, 3.05) is 19.8 Å². The van der Waals surface area contributed by atoms with Crippen LogP contribution in [0.15, 0.2) is 48.5 Å². The summed E-state index contributed by atoms with van der Waals surface area (Å²) in [5.74, 6) is -0.163. The molecular weight excluding hydrogens is 632 g/mol. The first kappa shape index (κ1) is 35.0. The number of carbonyl (C=O) groups excluding carboxylic acids is 1. The van der Waals surface area contributed by atoms with Gasteiger partial charge in [0.2, 0.25) is 0 Å². The maximum absolute atomic E-state index is 12.8. The van der Waals surface area contributed by atoms with Crippen molar-refractivity contribution in [1.82, 2.24) is 5.32 Å². The number of nitrogens with one attached hydrogen (secondary N) is 1. The molecule has 4 aliphatic rings. The number of alkyl carbamates (subject to hydrolysis) is 1. The normalized spacial score (nSPS) is 39.5. The van der Waals surface area contributed by atoms with Crippen molar-refractivity contribution in [2.45, 2.75) is 98.0 Å². The zero-order chi connectivity index (χ0) is 34.3. The lowest BCUT2D eigenvalue weighted by atomic mass is 9.84. The summed E-state index contributed by atoms with van der Waals surface area (Å²) < 4.78 is 28.8. The standard InChI is InChI=1S/C32H44N4O12/c33-18-9-19(34)28(29(23(18)38)48-31-27(42)25(40)21(11-37)46-31)47-30-22(35)26(41)24(39)20(45-30)10-36-32(43)44-12-17-15-7-3-1-5-13(15)14-6-2-4-8-16(14)17/h1-8,17-31,37-42H,9-12,33-35H2,(H,36,43). The molecule has 16 heteroatoms. The number of aliphatic hydroxyl groups excluding tert-OH is 6. The minimum absolute atomic E-state index is 0.0636. The van der Waals surface area contributed by atoms with Gasteiger partial charge in [-0.2, -0.15) is 0 Å². The van der Waals surface area contributed by atoms with Crippen molar-refractivity contribution in [1.29, 1.82) is 0 Å². The molecule has 2 aliphatic carbocycles. The van der Waals surface area contributed by atoms with Crippen molar-refractivity contribution in [3.63, 3.8) is 0 Å². The number of ether oxygens (including phenoxy) is 5. The molecule has 1 amide bonds. The molecular formula is C32H44N4O12. The van der Waals surface area contributed by atoms with Crippen molar-refractivity contribution in [3.8, 4) is 11.1 Å². The van der Waals surface area contributed by atoms with Gasteiger partial charge in [0, 0.05) is 24.5 Å². The summed E-state index contributed by atoms with van der Waals surface area (Å²) in [6.45, 7) is -0.817. The molecule has 14 atom stereocenters. The van der Waals surface area contributed by atoms with Crippen LogP contribution in [0.2, 0.25) is 0 Å². The molecule has 0 spiro atoms. The molecule has 16 nitrogen and oxygen atoms in total. The number of amides is 1. The van der Waals surface area contributed by atoms with Crippen LogP contribution in [0.25, 0.3) is 11.1 Å². The summed E-state index contributed by atoms with van der Waals surface area (Å²) in [5.41, 5.74) is 22.8. The molecule has 14 unspecified atom stereocenters. The maximum atomic E-state index is 12.8. The van der Waals surface area contributed by atoms with E-state index >= 15 is 0 Å². The molecule has 6 rings (SSSR count). The van der Waals surface area contributed by atoms with E-state index in [9.17, 15) is 35.4 Å². The number of hydrogen-bond acceptors (Lipinski definition) is 15. The average Bonchev–Trinajstić information content (AvgIpc) is 3.55. The predicted octanol–water partition coefficient (Wildman–Crippen LogP) is -3.07. The van der Waals surface area contributed by atoms with E-state index < -0.39 is 98.3 Å². The van der Waals surface area contributed by atoms with Gasteiger partial charge in [0.15, 0.2) is 12.6 Å².